The molecule has 0 saturated heterocycles. The monoisotopic (exact) mass is 504 g/mol. The lowest BCUT2D eigenvalue weighted by Gasteiger charge is -2.24. The van der Waals surface area contributed by atoms with Crippen molar-refractivity contribution in [1.29, 1.82) is 0 Å². The molecule has 5 nitrogen and oxygen atoms in total. The molecule has 4 aromatic rings. The molecule has 1 aliphatic heterocycles. The summed E-state index contributed by atoms with van der Waals surface area (Å²) in [5.74, 6) is -0.281. The van der Waals surface area contributed by atoms with Crippen LogP contribution in [-0.4, -0.2) is 21.2 Å². The van der Waals surface area contributed by atoms with E-state index in [-0.39, 0.29) is 12.0 Å². The van der Waals surface area contributed by atoms with Gasteiger partial charge in [-0.1, -0.05) is 28.1 Å². The fourth-order valence-electron chi connectivity index (χ4n) is 3.86. The molecule has 0 fully saturated rings. The second kappa shape index (κ2) is 9.11. The molecule has 5 rings (SSSR count). The largest absolute Gasteiger partial charge is 0.472 e. The quantitative estimate of drug-likeness (QED) is 0.324. The minimum absolute atomic E-state index is 0.281. The van der Waals surface area contributed by atoms with Crippen LogP contribution < -0.4 is 5.73 Å². The summed E-state index contributed by atoms with van der Waals surface area (Å²) in [4.78, 5) is 2.15. The number of hydrogen-bond acceptors (Lipinski definition) is 4. The molecule has 3 aromatic carbocycles. The summed E-state index contributed by atoms with van der Waals surface area (Å²) in [5, 5.41) is 4.85. The first kappa shape index (κ1) is 21.3. The maximum Gasteiger partial charge on any atom is 0.201 e. The number of aromatic nitrogens is 2. The van der Waals surface area contributed by atoms with E-state index in [1.165, 1.54) is 17.7 Å². The fourth-order valence-corrected chi connectivity index (χ4v) is 4.12. The Kier molecular flexibility index (Phi) is 5.88. The zero-order chi connectivity index (χ0) is 22.8. The average Bonchev–Trinajstić information content (AvgIpc) is 3.47. The number of benzene rings is 3. The molecule has 0 radical (unpaired) electrons. The minimum Gasteiger partial charge on any atom is -0.472 e. The van der Waals surface area contributed by atoms with Crippen LogP contribution in [0.4, 0.5) is 10.1 Å². The predicted octanol–water partition coefficient (Wildman–Crippen LogP) is 6.07. The van der Waals surface area contributed by atoms with E-state index in [1.54, 1.807) is 18.4 Å². The van der Waals surface area contributed by atoms with Crippen molar-refractivity contribution in [3.8, 4) is 16.9 Å². The number of anilines is 1. The maximum atomic E-state index is 13.6. The molecule has 1 atom stereocenters. The molecule has 0 amide bonds. The normalized spacial score (nSPS) is 15.1. The Morgan fingerprint density at radius 1 is 0.970 bits per heavy atom. The van der Waals surface area contributed by atoms with Crippen LogP contribution in [0.15, 0.2) is 95.9 Å². The van der Waals surface area contributed by atoms with Crippen molar-refractivity contribution in [3.05, 3.63) is 113 Å². The molecule has 166 valence electrons. The third-order valence-corrected chi connectivity index (χ3v) is 6.15. The van der Waals surface area contributed by atoms with E-state index >= 15 is 0 Å². The molecule has 1 unspecified atom stereocenters. The topological polar surface area (TPSA) is 56.3 Å². The number of rotatable bonds is 6. The predicted molar refractivity (Wildman–Crippen MR) is 131 cm³/mol. The Labute approximate surface area is 200 Å². The highest BCUT2D eigenvalue weighted by Gasteiger charge is 2.28. The summed E-state index contributed by atoms with van der Waals surface area (Å²) in [7, 11) is 0. The summed E-state index contributed by atoms with van der Waals surface area (Å²) in [6, 6.07) is 22.2. The molecule has 1 aromatic heterocycles. The van der Waals surface area contributed by atoms with Crippen LogP contribution in [0.3, 0.4) is 0 Å². The number of ether oxygens (including phenoxy) is 1. The van der Waals surface area contributed by atoms with Crippen molar-refractivity contribution in [2.75, 3.05) is 12.3 Å². The fraction of sp³-hybridized carbons (Fsp3) is 0.115. The average molecular weight is 505 g/mol. The summed E-state index contributed by atoms with van der Waals surface area (Å²) in [6.07, 6.45) is 6.16. The van der Waals surface area contributed by atoms with Gasteiger partial charge in [0.1, 0.15) is 17.8 Å². The molecule has 0 spiro atoms. The smallest absolute Gasteiger partial charge is 0.201 e. The Balaban J connectivity index is 1.47. The molecule has 2 N–H and O–H groups in total. The van der Waals surface area contributed by atoms with Crippen molar-refractivity contribution in [3.63, 3.8) is 0 Å². The molecule has 7 heteroatoms. The van der Waals surface area contributed by atoms with E-state index in [0.29, 0.717) is 0 Å². The van der Waals surface area contributed by atoms with E-state index in [1.807, 2.05) is 65.6 Å². The Morgan fingerprint density at radius 2 is 1.70 bits per heavy atom. The highest BCUT2D eigenvalue weighted by atomic mass is 79.9. The van der Waals surface area contributed by atoms with Crippen molar-refractivity contribution < 1.29 is 9.13 Å². The van der Waals surface area contributed by atoms with Crippen LogP contribution >= 0.6 is 15.9 Å². The number of nitrogen functional groups attached to an aromatic ring is 1. The molecule has 2 heterocycles. The van der Waals surface area contributed by atoms with Crippen LogP contribution in [0, 0.1) is 5.82 Å². The van der Waals surface area contributed by atoms with Gasteiger partial charge in [-0.05, 0) is 72.6 Å². The van der Waals surface area contributed by atoms with Crippen LogP contribution in [-0.2, 0) is 11.2 Å². The van der Waals surface area contributed by atoms with E-state index in [4.69, 9.17) is 15.6 Å². The van der Waals surface area contributed by atoms with Gasteiger partial charge in [-0.3, -0.25) is 0 Å². The van der Waals surface area contributed by atoms with Gasteiger partial charge in [0.05, 0.1) is 11.3 Å². The Hall–Kier alpha value is -3.58. The first-order valence-corrected chi connectivity index (χ1v) is 11.4. The number of nitrogens with zero attached hydrogens (tertiary/aromatic N) is 3. The van der Waals surface area contributed by atoms with Crippen LogP contribution in [0.2, 0.25) is 0 Å². The van der Waals surface area contributed by atoms with Crippen LogP contribution in [0.1, 0.15) is 17.4 Å². The molecule has 0 saturated carbocycles. The van der Waals surface area contributed by atoms with Gasteiger partial charge in [0.15, 0.2) is 0 Å². The summed E-state index contributed by atoms with van der Waals surface area (Å²) < 4.78 is 22.4. The summed E-state index contributed by atoms with van der Waals surface area (Å²) in [5.41, 5.74) is 11.2. The van der Waals surface area contributed by atoms with E-state index in [9.17, 15) is 4.39 Å². The molecule has 0 bridgehead atoms. The lowest BCUT2D eigenvalue weighted by Crippen LogP contribution is -2.23. The number of nitrogens with two attached hydrogens (primary N) is 1. The van der Waals surface area contributed by atoms with Crippen molar-refractivity contribution in [1.82, 2.24) is 14.7 Å². The molecule has 0 aliphatic carbocycles. The van der Waals surface area contributed by atoms with Gasteiger partial charge in [0, 0.05) is 34.7 Å². The first-order chi connectivity index (χ1) is 16.1. The van der Waals surface area contributed by atoms with Gasteiger partial charge >= 0.3 is 0 Å². The van der Waals surface area contributed by atoms with Crippen molar-refractivity contribution in [2.24, 2.45) is 0 Å². The molecular formula is C26H22BrFN4O. The lowest BCUT2D eigenvalue weighted by molar-refractivity contribution is 0.0581. The van der Waals surface area contributed by atoms with Gasteiger partial charge in [-0.2, -0.15) is 5.10 Å². The summed E-state index contributed by atoms with van der Waals surface area (Å²) in [6.45, 7) is 0.761. The Morgan fingerprint density at radius 3 is 2.42 bits per heavy atom. The van der Waals surface area contributed by atoms with Crippen LogP contribution in [0.25, 0.3) is 16.9 Å². The van der Waals surface area contributed by atoms with E-state index in [2.05, 4.69) is 20.8 Å². The van der Waals surface area contributed by atoms with Gasteiger partial charge in [-0.15, -0.1) is 0 Å². The van der Waals surface area contributed by atoms with Crippen molar-refractivity contribution in [2.45, 2.75) is 12.6 Å². The van der Waals surface area contributed by atoms with Gasteiger partial charge in [-0.25, -0.2) is 9.07 Å². The third kappa shape index (κ3) is 4.64. The van der Waals surface area contributed by atoms with E-state index in [0.717, 1.165) is 45.6 Å². The summed E-state index contributed by atoms with van der Waals surface area (Å²) >= 11 is 3.48. The van der Waals surface area contributed by atoms with Gasteiger partial charge in [0.2, 0.25) is 6.23 Å². The second-order valence-electron chi connectivity index (χ2n) is 7.86. The Bertz CT molecular complexity index is 1270. The third-order valence-electron chi connectivity index (χ3n) is 5.62. The molecular weight excluding hydrogens is 483 g/mol. The SMILES string of the molecule is Nc1ccc(CCN2C=COC2c2cn(-c3ccc(Br)cc3)nc2-c2ccc(F)cc2)cc1. The van der Waals surface area contributed by atoms with Gasteiger partial charge < -0.3 is 15.4 Å². The maximum absolute atomic E-state index is 13.6. The zero-order valence-corrected chi connectivity index (χ0v) is 19.3. The highest BCUT2D eigenvalue weighted by molar-refractivity contribution is 9.10. The molecule has 1 aliphatic rings. The minimum atomic E-state index is -0.331. The molecule has 33 heavy (non-hydrogen) atoms. The number of hydrogen-bond donors (Lipinski definition) is 1. The second-order valence-corrected chi connectivity index (χ2v) is 8.78. The lowest BCUT2D eigenvalue weighted by atomic mass is 10.1. The highest BCUT2D eigenvalue weighted by Crippen LogP contribution is 2.35. The van der Waals surface area contributed by atoms with Gasteiger partial charge in [0.25, 0.3) is 0 Å². The number of halogens is 2. The standard InChI is InChI=1S/C26H22BrFN4O/c27-20-5-11-23(12-6-20)32-17-24(25(30-32)19-3-7-21(28)8-4-19)26-31(15-16-33-26)14-13-18-1-9-22(29)10-2-18/h1-12,15-17,26H,13-14,29H2. The van der Waals surface area contributed by atoms with E-state index < -0.39 is 0 Å². The van der Waals surface area contributed by atoms with Crippen molar-refractivity contribution >= 4 is 21.6 Å². The zero-order valence-electron chi connectivity index (χ0n) is 17.7. The van der Waals surface area contributed by atoms with Crippen LogP contribution in [0.5, 0.6) is 0 Å². The first-order valence-electron chi connectivity index (χ1n) is 10.6.